The van der Waals surface area contributed by atoms with E-state index in [4.69, 9.17) is 0 Å². The molecule has 0 radical (unpaired) electrons. The van der Waals surface area contributed by atoms with E-state index in [2.05, 4.69) is 9.72 Å². The van der Waals surface area contributed by atoms with Gasteiger partial charge in [-0.05, 0) is 23.8 Å². The summed E-state index contributed by atoms with van der Waals surface area (Å²) in [6.45, 7) is 0. The Bertz CT molecular complexity index is 355. The number of aromatic nitrogens is 1. The van der Waals surface area contributed by atoms with E-state index >= 15 is 0 Å². The average molecular weight is 206 g/mol. The number of carbonyl (C=O) groups is 1. The van der Waals surface area contributed by atoms with Gasteiger partial charge in [-0.2, -0.15) is 0 Å². The topological polar surface area (TPSA) is 42.4 Å². The first kappa shape index (κ1) is 11.2. The maximum Gasteiger partial charge on any atom is 0.330 e. The molecule has 4 heteroatoms. The SMILES string of the molecule is COC(=O)C=Cc1ccc(N(C)C)nc1. The van der Waals surface area contributed by atoms with Crippen molar-refractivity contribution in [2.24, 2.45) is 0 Å². The van der Waals surface area contributed by atoms with Gasteiger partial charge in [0.1, 0.15) is 5.82 Å². The lowest BCUT2D eigenvalue weighted by molar-refractivity contribution is -0.134. The van der Waals surface area contributed by atoms with Crippen LogP contribution < -0.4 is 4.90 Å². The van der Waals surface area contributed by atoms with Crippen LogP contribution in [-0.2, 0) is 9.53 Å². The summed E-state index contributed by atoms with van der Waals surface area (Å²) in [4.78, 5) is 16.9. The van der Waals surface area contributed by atoms with Crippen LogP contribution in [0.25, 0.3) is 6.08 Å². The maximum atomic E-state index is 10.8. The highest BCUT2D eigenvalue weighted by atomic mass is 16.5. The van der Waals surface area contributed by atoms with Crippen molar-refractivity contribution in [2.75, 3.05) is 26.1 Å². The summed E-state index contributed by atoms with van der Waals surface area (Å²) in [7, 11) is 5.19. The lowest BCUT2D eigenvalue weighted by Crippen LogP contribution is -2.10. The third-order valence-corrected chi connectivity index (χ3v) is 1.84. The van der Waals surface area contributed by atoms with Crippen LogP contribution in [0.4, 0.5) is 5.82 Å². The zero-order valence-electron chi connectivity index (χ0n) is 9.10. The van der Waals surface area contributed by atoms with Gasteiger partial charge < -0.3 is 9.64 Å². The third kappa shape index (κ3) is 3.42. The molecule has 4 nitrogen and oxygen atoms in total. The number of rotatable bonds is 3. The van der Waals surface area contributed by atoms with Crippen LogP contribution in [0.3, 0.4) is 0 Å². The van der Waals surface area contributed by atoms with E-state index in [1.54, 1.807) is 12.3 Å². The van der Waals surface area contributed by atoms with Crippen molar-refractivity contribution < 1.29 is 9.53 Å². The van der Waals surface area contributed by atoms with Gasteiger partial charge in [0.15, 0.2) is 0 Å². The fourth-order valence-corrected chi connectivity index (χ4v) is 0.993. The first-order valence-corrected chi connectivity index (χ1v) is 4.53. The van der Waals surface area contributed by atoms with Crippen LogP contribution in [0.2, 0.25) is 0 Å². The van der Waals surface area contributed by atoms with Crippen molar-refractivity contribution in [3.8, 4) is 0 Å². The van der Waals surface area contributed by atoms with Gasteiger partial charge in [-0.1, -0.05) is 0 Å². The van der Waals surface area contributed by atoms with Crippen molar-refractivity contribution >= 4 is 17.9 Å². The largest absolute Gasteiger partial charge is 0.466 e. The minimum absolute atomic E-state index is 0.369. The summed E-state index contributed by atoms with van der Waals surface area (Å²) >= 11 is 0. The number of hydrogen-bond acceptors (Lipinski definition) is 4. The Balaban J connectivity index is 2.72. The minimum Gasteiger partial charge on any atom is -0.466 e. The van der Waals surface area contributed by atoms with E-state index < -0.39 is 0 Å². The fourth-order valence-electron chi connectivity index (χ4n) is 0.993. The highest BCUT2D eigenvalue weighted by molar-refractivity contribution is 5.86. The molecule has 1 rings (SSSR count). The Hall–Kier alpha value is -1.84. The molecule has 0 saturated heterocycles. The molecule has 0 N–H and O–H groups in total. The van der Waals surface area contributed by atoms with Crippen LogP contribution in [0.15, 0.2) is 24.4 Å². The van der Waals surface area contributed by atoms with E-state index in [9.17, 15) is 4.79 Å². The second-order valence-electron chi connectivity index (χ2n) is 3.20. The lowest BCUT2D eigenvalue weighted by atomic mass is 10.2. The Labute approximate surface area is 89.2 Å². The van der Waals surface area contributed by atoms with Crippen LogP contribution in [-0.4, -0.2) is 32.2 Å². The van der Waals surface area contributed by atoms with Crippen LogP contribution in [0.5, 0.6) is 0 Å². The van der Waals surface area contributed by atoms with Gasteiger partial charge in [0.25, 0.3) is 0 Å². The van der Waals surface area contributed by atoms with Crippen molar-refractivity contribution in [3.05, 3.63) is 30.0 Å². The Morgan fingerprint density at radius 1 is 1.47 bits per heavy atom. The highest BCUT2D eigenvalue weighted by Crippen LogP contribution is 2.08. The number of ether oxygens (including phenoxy) is 1. The quantitative estimate of drug-likeness (QED) is 0.552. The van der Waals surface area contributed by atoms with Gasteiger partial charge in [-0.3, -0.25) is 0 Å². The Kier molecular flexibility index (Phi) is 3.85. The monoisotopic (exact) mass is 206 g/mol. The molecule has 0 bridgehead atoms. The molecule has 0 aliphatic carbocycles. The molecule has 1 aromatic rings. The smallest absolute Gasteiger partial charge is 0.330 e. The van der Waals surface area contributed by atoms with Gasteiger partial charge in [0.2, 0.25) is 0 Å². The van der Waals surface area contributed by atoms with Gasteiger partial charge >= 0.3 is 5.97 Å². The predicted molar refractivity (Wildman–Crippen MR) is 59.6 cm³/mol. The molecule has 0 spiro atoms. The molecular weight excluding hydrogens is 192 g/mol. The summed E-state index contributed by atoms with van der Waals surface area (Å²) in [6, 6.07) is 3.78. The lowest BCUT2D eigenvalue weighted by Gasteiger charge is -2.10. The van der Waals surface area contributed by atoms with Crippen molar-refractivity contribution in [1.82, 2.24) is 4.98 Å². The number of carbonyl (C=O) groups excluding carboxylic acids is 1. The van der Waals surface area contributed by atoms with E-state index in [0.717, 1.165) is 11.4 Å². The standard InChI is InChI=1S/C11H14N2O2/c1-13(2)10-6-4-9(8-12-10)5-7-11(14)15-3/h4-8H,1-3H3. The van der Waals surface area contributed by atoms with Gasteiger partial charge in [-0.25, -0.2) is 9.78 Å². The zero-order valence-corrected chi connectivity index (χ0v) is 9.10. The Morgan fingerprint density at radius 3 is 2.67 bits per heavy atom. The molecule has 0 fully saturated rings. The van der Waals surface area contributed by atoms with Crippen LogP contribution >= 0.6 is 0 Å². The number of methoxy groups -OCH3 is 1. The van der Waals surface area contributed by atoms with Crippen molar-refractivity contribution in [1.29, 1.82) is 0 Å². The van der Waals surface area contributed by atoms with Gasteiger partial charge in [0.05, 0.1) is 7.11 Å². The number of nitrogens with zero attached hydrogens (tertiary/aromatic N) is 2. The number of esters is 1. The average Bonchev–Trinajstić information content (AvgIpc) is 2.26. The molecule has 0 aromatic carbocycles. The normalized spacial score (nSPS) is 10.3. The molecule has 0 aliphatic heterocycles. The van der Waals surface area contributed by atoms with E-state index in [1.807, 2.05) is 31.1 Å². The van der Waals surface area contributed by atoms with Crippen LogP contribution in [0.1, 0.15) is 5.56 Å². The third-order valence-electron chi connectivity index (χ3n) is 1.84. The predicted octanol–water partition coefficient (Wildman–Crippen LogP) is 1.33. The molecule has 1 aromatic heterocycles. The van der Waals surface area contributed by atoms with Crippen molar-refractivity contribution in [2.45, 2.75) is 0 Å². The van der Waals surface area contributed by atoms with E-state index in [0.29, 0.717) is 0 Å². The molecule has 0 atom stereocenters. The summed E-state index contributed by atoms with van der Waals surface area (Å²) < 4.78 is 4.48. The molecule has 0 unspecified atom stereocenters. The fraction of sp³-hybridized carbons (Fsp3) is 0.273. The molecule has 0 amide bonds. The van der Waals surface area contributed by atoms with E-state index in [1.165, 1.54) is 13.2 Å². The van der Waals surface area contributed by atoms with Crippen molar-refractivity contribution in [3.63, 3.8) is 0 Å². The highest BCUT2D eigenvalue weighted by Gasteiger charge is 1.96. The Morgan fingerprint density at radius 2 is 2.20 bits per heavy atom. The maximum absolute atomic E-state index is 10.8. The zero-order chi connectivity index (χ0) is 11.3. The second kappa shape index (κ2) is 5.14. The summed E-state index contributed by atoms with van der Waals surface area (Å²) in [6.07, 6.45) is 4.74. The first-order chi connectivity index (χ1) is 7.13. The molecule has 1 heterocycles. The molecule has 0 aliphatic rings. The summed E-state index contributed by atoms with van der Waals surface area (Å²) in [5.41, 5.74) is 0.867. The minimum atomic E-state index is -0.369. The van der Waals surface area contributed by atoms with Crippen LogP contribution in [0, 0.1) is 0 Å². The molecule has 80 valence electrons. The summed E-state index contributed by atoms with van der Waals surface area (Å²) in [5.74, 6) is 0.511. The molecular formula is C11H14N2O2. The second-order valence-corrected chi connectivity index (χ2v) is 3.20. The van der Waals surface area contributed by atoms with Gasteiger partial charge in [-0.15, -0.1) is 0 Å². The molecule has 15 heavy (non-hydrogen) atoms. The number of pyridine rings is 1. The molecule has 0 saturated carbocycles. The number of anilines is 1. The van der Waals surface area contributed by atoms with E-state index in [-0.39, 0.29) is 5.97 Å². The van der Waals surface area contributed by atoms with Gasteiger partial charge in [0, 0.05) is 26.4 Å². The first-order valence-electron chi connectivity index (χ1n) is 4.53. The summed E-state index contributed by atoms with van der Waals surface area (Å²) in [5, 5.41) is 0. The number of hydrogen-bond donors (Lipinski definition) is 0.